The Bertz CT molecular complexity index is 943. The van der Waals surface area contributed by atoms with Gasteiger partial charge in [-0.2, -0.15) is 26.3 Å². The van der Waals surface area contributed by atoms with Gasteiger partial charge in [-0.05, 0) is 62.0 Å². The van der Waals surface area contributed by atoms with Crippen LogP contribution in [0.1, 0.15) is 48.8 Å². The van der Waals surface area contributed by atoms with Crippen molar-refractivity contribution in [2.75, 3.05) is 45.9 Å². The maximum atomic E-state index is 13.4. The number of hydrogen-bond donors (Lipinski definition) is 1. The molecule has 1 aliphatic carbocycles. The third-order valence-corrected chi connectivity index (χ3v) is 7.64. The quantitative estimate of drug-likeness (QED) is 0.474. The zero-order chi connectivity index (χ0) is 26.8. The monoisotopic (exact) mass is 533 g/mol. The molecule has 2 aliphatic heterocycles. The number of halogens is 6. The number of carbonyl (C=O) groups is 1. The van der Waals surface area contributed by atoms with Crippen molar-refractivity contribution in [2.24, 2.45) is 11.3 Å². The summed E-state index contributed by atoms with van der Waals surface area (Å²) in [5.41, 5.74) is -2.66. The molecular formula is C26H33F6N3O2. The van der Waals surface area contributed by atoms with Crippen LogP contribution in [-0.2, 0) is 28.4 Å². The largest absolute Gasteiger partial charge is 0.416 e. The molecule has 2 saturated heterocycles. The first-order valence-corrected chi connectivity index (χ1v) is 12.7. The molecule has 2 heterocycles. The average Bonchev–Trinajstić information content (AvgIpc) is 3.67. The standard InChI is InChI=1S/C26H33F6N3O2/c1-18(35-8-10-37-11-9-35)17-34-6-4-24(5-7-34,15-19-2-3-19)23(36)33-16-20-12-21(25(27,28)29)14-22(13-20)26(30,31)32/h12-14,19H,1-11,15-17H2,(H,33,36). The predicted molar refractivity (Wildman–Crippen MR) is 125 cm³/mol. The van der Waals surface area contributed by atoms with E-state index >= 15 is 0 Å². The van der Waals surface area contributed by atoms with Crippen LogP contribution in [0.3, 0.4) is 0 Å². The normalized spacial score (nSPS) is 21.1. The summed E-state index contributed by atoms with van der Waals surface area (Å²) >= 11 is 0. The molecule has 0 radical (unpaired) electrons. The van der Waals surface area contributed by atoms with Crippen molar-refractivity contribution < 1.29 is 35.9 Å². The van der Waals surface area contributed by atoms with Crippen molar-refractivity contribution in [1.29, 1.82) is 0 Å². The topological polar surface area (TPSA) is 44.8 Å². The lowest BCUT2D eigenvalue weighted by atomic mass is 9.73. The van der Waals surface area contributed by atoms with Gasteiger partial charge in [-0.3, -0.25) is 9.69 Å². The molecule has 206 valence electrons. The van der Waals surface area contributed by atoms with Crippen LogP contribution in [0, 0.1) is 11.3 Å². The number of hydrogen-bond acceptors (Lipinski definition) is 4. The molecule has 1 saturated carbocycles. The van der Waals surface area contributed by atoms with Crippen molar-refractivity contribution in [2.45, 2.75) is 51.0 Å². The van der Waals surface area contributed by atoms with Crippen LogP contribution in [0.25, 0.3) is 0 Å². The number of ether oxygens (including phenoxy) is 1. The summed E-state index contributed by atoms with van der Waals surface area (Å²) < 4.78 is 84.6. The maximum absolute atomic E-state index is 13.4. The molecule has 1 aromatic rings. The van der Waals surface area contributed by atoms with Gasteiger partial charge >= 0.3 is 12.4 Å². The van der Waals surface area contributed by atoms with E-state index in [1.54, 1.807) is 0 Å². The Balaban J connectivity index is 1.41. The van der Waals surface area contributed by atoms with E-state index in [0.29, 0.717) is 70.2 Å². The average molecular weight is 534 g/mol. The van der Waals surface area contributed by atoms with E-state index in [2.05, 4.69) is 21.7 Å². The Morgan fingerprint density at radius 1 is 0.973 bits per heavy atom. The summed E-state index contributed by atoms with van der Waals surface area (Å²) in [6.07, 6.45) is -5.92. The van der Waals surface area contributed by atoms with Crippen LogP contribution in [0.4, 0.5) is 26.3 Å². The minimum Gasteiger partial charge on any atom is -0.378 e. The minimum absolute atomic E-state index is 0.0976. The molecule has 11 heteroatoms. The fourth-order valence-corrected chi connectivity index (χ4v) is 5.27. The zero-order valence-corrected chi connectivity index (χ0v) is 20.7. The van der Waals surface area contributed by atoms with Gasteiger partial charge in [0.15, 0.2) is 0 Å². The number of alkyl halides is 6. The predicted octanol–water partition coefficient (Wildman–Crippen LogP) is 5.07. The van der Waals surface area contributed by atoms with Crippen molar-refractivity contribution in [3.63, 3.8) is 0 Å². The zero-order valence-electron chi connectivity index (χ0n) is 20.7. The second kappa shape index (κ2) is 10.8. The molecule has 0 atom stereocenters. The summed E-state index contributed by atoms with van der Waals surface area (Å²) in [5, 5.41) is 2.68. The highest BCUT2D eigenvalue weighted by Crippen LogP contribution is 2.46. The molecule has 4 rings (SSSR count). The van der Waals surface area contributed by atoms with E-state index in [-0.39, 0.29) is 17.5 Å². The maximum Gasteiger partial charge on any atom is 0.416 e. The lowest BCUT2D eigenvalue weighted by molar-refractivity contribution is -0.143. The molecule has 0 bridgehead atoms. The Hall–Kier alpha value is -2.27. The molecule has 3 fully saturated rings. The van der Waals surface area contributed by atoms with E-state index in [1.807, 2.05) is 0 Å². The van der Waals surface area contributed by atoms with Gasteiger partial charge in [0.2, 0.25) is 5.91 Å². The van der Waals surface area contributed by atoms with Crippen molar-refractivity contribution in [3.8, 4) is 0 Å². The van der Waals surface area contributed by atoms with Crippen LogP contribution in [0.5, 0.6) is 0 Å². The lowest BCUT2D eigenvalue weighted by Crippen LogP contribution is -2.50. The van der Waals surface area contributed by atoms with Gasteiger partial charge in [0, 0.05) is 31.9 Å². The highest BCUT2D eigenvalue weighted by molar-refractivity contribution is 5.82. The number of piperidine rings is 1. The number of amides is 1. The molecule has 1 amide bonds. The SMILES string of the molecule is C=C(CN1CCC(CC2CC2)(C(=O)NCc2cc(C(F)(F)F)cc(C(F)(F)F)c2)CC1)N1CCOCC1. The van der Waals surface area contributed by atoms with Crippen molar-refractivity contribution >= 4 is 5.91 Å². The molecule has 0 aromatic heterocycles. The van der Waals surface area contributed by atoms with Crippen LogP contribution >= 0.6 is 0 Å². The van der Waals surface area contributed by atoms with Crippen LogP contribution < -0.4 is 5.32 Å². The van der Waals surface area contributed by atoms with Gasteiger partial charge in [0.25, 0.3) is 0 Å². The molecule has 1 N–H and O–H groups in total. The first-order chi connectivity index (χ1) is 17.4. The number of nitrogens with zero attached hydrogens (tertiary/aromatic N) is 2. The Kier molecular flexibility index (Phi) is 8.13. The summed E-state index contributed by atoms with van der Waals surface area (Å²) in [6, 6.07) is 1.44. The molecule has 1 aromatic carbocycles. The summed E-state index contributed by atoms with van der Waals surface area (Å²) in [6.45, 7) is 8.77. The fourth-order valence-electron chi connectivity index (χ4n) is 5.27. The first kappa shape index (κ1) is 27.8. The smallest absolute Gasteiger partial charge is 0.378 e. The highest BCUT2D eigenvalue weighted by Gasteiger charge is 2.45. The van der Waals surface area contributed by atoms with E-state index in [1.165, 1.54) is 0 Å². The van der Waals surface area contributed by atoms with Crippen LogP contribution in [0.15, 0.2) is 30.5 Å². The van der Waals surface area contributed by atoms with E-state index in [0.717, 1.165) is 31.6 Å². The third kappa shape index (κ3) is 7.19. The number of carbonyl (C=O) groups excluding carboxylic acids is 1. The lowest BCUT2D eigenvalue weighted by Gasteiger charge is -2.42. The van der Waals surface area contributed by atoms with Gasteiger partial charge in [-0.15, -0.1) is 0 Å². The second-order valence-electron chi connectivity index (χ2n) is 10.5. The molecular weight excluding hydrogens is 500 g/mol. The van der Waals surface area contributed by atoms with Crippen LogP contribution in [-0.4, -0.2) is 61.6 Å². The van der Waals surface area contributed by atoms with Crippen molar-refractivity contribution in [1.82, 2.24) is 15.1 Å². The Morgan fingerprint density at radius 2 is 1.54 bits per heavy atom. The van der Waals surface area contributed by atoms with Gasteiger partial charge in [-0.25, -0.2) is 0 Å². The molecule has 0 spiro atoms. The summed E-state index contributed by atoms with van der Waals surface area (Å²) in [7, 11) is 0. The number of morpholine rings is 1. The van der Waals surface area contributed by atoms with E-state index < -0.39 is 35.4 Å². The second-order valence-corrected chi connectivity index (χ2v) is 10.5. The summed E-state index contributed by atoms with van der Waals surface area (Å²) in [4.78, 5) is 17.8. The molecule has 3 aliphatic rings. The van der Waals surface area contributed by atoms with E-state index in [9.17, 15) is 31.1 Å². The fraction of sp³-hybridized carbons (Fsp3) is 0.654. The first-order valence-electron chi connectivity index (χ1n) is 12.7. The van der Waals surface area contributed by atoms with Gasteiger partial charge < -0.3 is 15.0 Å². The Morgan fingerprint density at radius 3 is 2.05 bits per heavy atom. The number of nitrogens with one attached hydrogen (secondary N) is 1. The molecule has 0 unspecified atom stereocenters. The highest BCUT2D eigenvalue weighted by atomic mass is 19.4. The van der Waals surface area contributed by atoms with E-state index in [4.69, 9.17) is 4.74 Å². The van der Waals surface area contributed by atoms with Crippen LogP contribution in [0.2, 0.25) is 0 Å². The minimum atomic E-state index is -4.93. The summed E-state index contributed by atoms with van der Waals surface area (Å²) in [5.74, 6) is 0.142. The molecule has 5 nitrogen and oxygen atoms in total. The molecule has 37 heavy (non-hydrogen) atoms. The number of benzene rings is 1. The number of likely N-dealkylation sites (tertiary alicyclic amines) is 1. The van der Waals surface area contributed by atoms with Gasteiger partial charge in [0.1, 0.15) is 0 Å². The van der Waals surface area contributed by atoms with Crippen molar-refractivity contribution in [3.05, 3.63) is 47.2 Å². The van der Waals surface area contributed by atoms with Gasteiger partial charge in [0.05, 0.1) is 29.8 Å². The number of rotatable bonds is 8. The third-order valence-electron chi connectivity index (χ3n) is 7.64. The Labute approximate surface area is 212 Å². The van der Waals surface area contributed by atoms with Gasteiger partial charge in [-0.1, -0.05) is 19.4 Å².